The van der Waals surface area contributed by atoms with Crippen molar-refractivity contribution >= 4 is 29.3 Å². The maximum Gasteiger partial charge on any atom is 0.257 e. The number of benzene rings is 2. The predicted molar refractivity (Wildman–Crippen MR) is 80.9 cm³/mol. The molecule has 0 aliphatic heterocycles. The highest BCUT2D eigenvalue weighted by Crippen LogP contribution is 2.19. The van der Waals surface area contributed by atoms with Crippen LogP contribution < -0.4 is 5.32 Å². The number of hydrogen-bond acceptors (Lipinski definition) is 2. The lowest BCUT2D eigenvalue weighted by Crippen LogP contribution is -2.27. The van der Waals surface area contributed by atoms with E-state index in [9.17, 15) is 13.6 Å². The minimum atomic E-state index is -0.863. The van der Waals surface area contributed by atoms with Crippen LogP contribution in [0.2, 0.25) is 5.02 Å². The molecule has 0 fully saturated rings. The summed E-state index contributed by atoms with van der Waals surface area (Å²) in [5.74, 6) is -1.89. The Bertz CT molecular complexity index is 614. The second kappa shape index (κ2) is 7.43. The number of nitrogens with one attached hydrogen (secondary N) is 1. The first-order valence-electron chi connectivity index (χ1n) is 6.18. The molecule has 21 heavy (non-hydrogen) atoms. The number of hydrogen-bond donors (Lipinski definition) is 1. The normalized spacial score (nSPS) is 10.4. The van der Waals surface area contributed by atoms with Crippen molar-refractivity contribution in [1.29, 1.82) is 0 Å². The zero-order valence-corrected chi connectivity index (χ0v) is 12.5. The van der Waals surface area contributed by atoms with Crippen molar-refractivity contribution < 1.29 is 13.6 Å². The number of halogens is 3. The third kappa shape index (κ3) is 4.44. The molecule has 6 heteroatoms. The Kier molecular flexibility index (Phi) is 5.59. The number of rotatable bonds is 5. The molecule has 2 aromatic rings. The molecule has 2 rings (SSSR count). The Morgan fingerprint density at radius 1 is 1.10 bits per heavy atom. The predicted octanol–water partition coefficient (Wildman–Crippen LogP) is 4.14. The van der Waals surface area contributed by atoms with Gasteiger partial charge in [-0.25, -0.2) is 8.78 Å². The molecule has 2 nitrogen and oxygen atoms in total. The van der Waals surface area contributed by atoms with E-state index in [-0.39, 0.29) is 0 Å². The monoisotopic (exact) mass is 327 g/mol. The fraction of sp³-hybridized carbons (Fsp3) is 0.133. The van der Waals surface area contributed by atoms with E-state index in [0.717, 1.165) is 17.0 Å². The number of carbonyl (C=O) groups is 1. The summed E-state index contributed by atoms with van der Waals surface area (Å²) in [6.07, 6.45) is 0. The van der Waals surface area contributed by atoms with Gasteiger partial charge in [-0.05, 0) is 36.4 Å². The molecule has 0 radical (unpaired) electrons. The van der Waals surface area contributed by atoms with Crippen LogP contribution in [0.15, 0.2) is 47.4 Å². The summed E-state index contributed by atoms with van der Waals surface area (Å²) in [7, 11) is 0. The molecule has 0 aliphatic rings. The van der Waals surface area contributed by atoms with Crippen molar-refractivity contribution in [2.45, 2.75) is 4.90 Å². The summed E-state index contributed by atoms with van der Waals surface area (Å²) >= 11 is 7.29. The second-order valence-corrected chi connectivity index (χ2v) is 5.76. The molecule has 1 N–H and O–H groups in total. The Morgan fingerprint density at radius 2 is 1.71 bits per heavy atom. The van der Waals surface area contributed by atoms with Gasteiger partial charge in [-0.2, -0.15) is 0 Å². The summed E-state index contributed by atoms with van der Waals surface area (Å²) in [6, 6.07) is 10.6. The molecule has 0 unspecified atom stereocenters. The van der Waals surface area contributed by atoms with Gasteiger partial charge >= 0.3 is 0 Å². The second-order valence-electron chi connectivity index (χ2n) is 4.15. The highest BCUT2D eigenvalue weighted by atomic mass is 35.5. The van der Waals surface area contributed by atoms with Crippen LogP contribution in [0.5, 0.6) is 0 Å². The maximum absolute atomic E-state index is 13.4. The lowest BCUT2D eigenvalue weighted by atomic mass is 10.2. The Balaban J connectivity index is 1.83. The van der Waals surface area contributed by atoms with Crippen LogP contribution in [-0.4, -0.2) is 18.2 Å². The van der Waals surface area contributed by atoms with Crippen molar-refractivity contribution in [2.75, 3.05) is 12.3 Å². The van der Waals surface area contributed by atoms with Crippen LogP contribution in [0, 0.1) is 11.6 Å². The largest absolute Gasteiger partial charge is 0.351 e. The third-order valence-electron chi connectivity index (χ3n) is 2.66. The molecule has 1 amide bonds. The van der Waals surface area contributed by atoms with Gasteiger partial charge in [0.15, 0.2) is 0 Å². The van der Waals surface area contributed by atoms with Crippen LogP contribution in [0.4, 0.5) is 8.78 Å². The third-order valence-corrected chi connectivity index (χ3v) is 3.93. The molecule has 0 aliphatic carbocycles. The van der Waals surface area contributed by atoms with E-state index in [1.54, 1.807) is 12.1 Å². The lowest BCUT2D eigenvalue weighted by Gasteiger charge is -2.07. The minimum Gasteiger partial charge on any atom is -0.351 e. The molecule has 0 saturated heterocycles. The zero-order valence-electron chi connectivity index (χ0n) is 10.9. The lowest BCUT2D eigenvalue weighted by molar-refractivity contribution is 0.0948. The van der Waals surface area contributed by atoms with E-state index in [4.69, 9.17) is 11.6 Å². The minimum absolute atomic E-state index is 0.305. The molecule has 110 valence electrons. The first-order chi connectivity index (χ1) is 10.1. The van der Waals surface area contributed by atoms with Crippen LogP contribution in [-0.2, 0) is 0 Å². The summed E-state index contributed by atoms with van der Waals surface area (Å²) in [6.45, 7) is 0.305. The zero-order chi connectivity index (χ0) is 15.2. The van der Waals surface area contributed by atoms with Crippen LogP contribution in [0.25, 0.3) is 0 Å². The summed E-state index contributed by atoms with van der Waals surface area (Å²) in [4.78, 5) is 12.7. The van der Waals surface area contributed by atoms with E-state index in [1.165, 1.54) is 17.8 Å². The molecule has 0 bridgehead atoms. The van der Waals surface area contributed by atoms with E-state index < -0.39 is 23.1 Å². The molecule has 0 atom stereocenters. The van der Waals surface area contributed by atoms with Gasteiger partial charge in [-0.15, -0.1) is 11.8 Å². The van der Waals surface area contributed by atoms with Crippen molar-refractivity contribution in [3.63, 3.8) is 0 Å². The van der Waals surface area contributed by atoms with Gasteiger partial charge in [0, 0.05) is 22.2 Å². The average molecular weight is 328 g/mol. The molecular formula is C15H12ClF2NOS. The molecule has 0 aromatic heterocycles. The van der Waals surface area contributed by atoms with E-state index in [2.05, 4.69) is 5.32 Å². The van der Waals surface area contributed by atoms with E-state index >= 15 is 0 Å². The van der Waals surface area contributed by atoms with Crippen LogP contribution in [0.3, 0.4) is 0 Å². The first-order valence-corrected chi connectivity index (χ1v) is 7.55. The standard InChI is InChI=1S/C15H12ClF2NOS/c16-10-4-6-11(7-5-10)21-9-8-19-15(20)14-12(17)2-1-3-13(14)18/h1-7H,8-9H2,(H,19,20). The van der Waals surface area contributed by atoms with Gasteiger partial charge in [0.05, 0.1) is 0 Å². The SMILES string of the molecule is O=C(NCCSc1ccc(Cl)cc1)c1c(F)cccc1F. The topological polar surface area (TPSA) is 29.1 Å². The van der Waals surface area contributed by atoms with Crippen molar-refractivity contribution in [2.24, 2.45) is 0 Å². The number of carbonyl (C=O) groups excluding carboxylic acids is 1. The highest BCUT2D eigenvalue weighted by molar-refractivity contribution is 7.99. The average Bonchev–Trinajstić information content (AvgIpc) is 2.45. The molecule has 0 saturated carbocycles. The van der Waals surface area contributed by atoms with Crippen LogP contribution in [0.1, 0.15) is 10.4 Å². The Labute approximate surface area is 130 Å². The van der Waals surface area contributed by atoms with Gasteiger partial charge in [-0.1, -0.05) is 17.7 Å². The van der Waals surface area contributed by atoms with Gasteiger partial charge in [-0.3, -0.25) is 4.79 Å². The van der Waals surface area contributed by atoms with Gasteiger partial charge in [0.2, 0.25) is 0 Å². The Hall–Kier alpha value is -1.59. The Morgan fingerprint density at radius 3 is 2.33 bits per heavy atom. The van der Waals surface area contributed by atoms with Crippen molar-refractivity contribution in [3.05, 3.63) is 64.7 Å². The summed E-state index contributed by atoms with van der Waals surface area (Å²) in [5, 5.41) is 3.15. The van der Waals surface area contributed by atoms with Gasteiger partial charge < -0.3 is 5.32 Å². The van der Waals surface area contributed by atoms with Gasteiger partial charge in [0.25, 0.3) is 5.91 Å². The summed E-state index contributed by atoms with van der Waals surface area (Å²) < 4.78 is 26.8. The fourth-order valence-electron chi connectivity index (χ4n) is 1.67. The smallest absolute Gasteiger partial charge is 0.257 e. The maximum atomic E-state index is 13.4. The summed E-state index contributed by atoms with van der Waals surface area (Å²) in [5.41, 5.74) is -0.547. The van der Waals surface area contributed by atoms with Crippen molar-refractivity contribution in [3.8, 4) is 0 Å². The number of amides is 1. The van der Waals surface area contributed by atoms with E-state index in [1.807, 2.05) is 12.1 Å². The van der Waals surface area contributed by atoms with E-state index in [0.29, 0.717) is 17.3 Å². The fourth-order valence-corrected chi connectivity index (χ4v) is 2.56. The molecular weight excluding hydrogens is 316 g/mol. The van der Waals surface area contributed by atoms with Crippen molar-refractivity contribution in [1.82, 2.24) is 5.32 Å². The molecule has 0 heterocycles. The van der Waals surface area contributed by atoms with Crippen LogP contribution >= 0.6 is 23.4 Å². The quantitative estimate of drug-likeness (QED) is 0.660. The first kappa shape index (κ1) is 15.8. The van der Waals surface area contributed by atoms with Gasteiger partial charge in [0.1, 0.15) is 17.2 Å². The molecule has 0 spiro atoms. The highest BCUT2D eigenvalue weighted by Gasteiger charge is 2.16. The molecule has 2 aromatic carbocycles. The number of thioether (sulfide) groups is 1.